The van der Waals surface area contributed by atoms with Gasteiger partial charge in [0.25, 0.3) is 11.8 Å². The maximum absolute atomic E-state index is 14.8. The first kappa shape index (κ1) is 21.3. The van der Waals surface area contributed by atoms with Gasteiger partial charge in [-0.25, -0.2) is 13.6 Å². The number of aliphatic carboxylic acids is 1. The van der Waals surface area contributed by atoms with Crippen molar-refractivity contribution in [2.45, 2.75) is 12.3 Å². The van der Waals surface area contributed by atoms with Gasteiger partial charge in [-0.2, -0.15) is 0 Å². The number of carboxylic acid groups (broad SMARTS) is 1. The maximum atomic E-state index is 14.8. The second kappa shape index (κ2) is 8.30. The molecule has 0 unspecified atom stereocenters. The minimum absolute atomic E-state index is 0.0349. The van der Waals surface area contributed by atoms with E-state index in [2.05, 4.69) is 5.32 Å². The van der Waals surface area contributed by atoms with Gasteiger partial charge in [-0.15, -0.1) is 0 Å². The lowest BCUT2D eigenvalue weighted by Gasteiger charge is -2.23. The van der Waals surface area contributed by atoms with Crippen LogP contribution in [0.2, 0.25) is 0 Å². The standard InChI is InChI=1S/C24H21F2N3O3/c1-28-13-4-7-21(28)27-17-10-8-16(9-11-17)23(32)29-14-12-24(25,26)19(15-22(30)31)18-5-2-3-6-20(18)29/h2-11,13,15,27H,12,14H2,1H3,(H,30,31). The molecule has 2 heterocycles. The van der Waals surface area contributed by atoms with Crippen LogP contribution in [0.15, 0.2) is 72.9 Å². The second-order valence-electron chi connectivity index (χ2n) is 7.53. The summed E-state index contributed by atoms with van der Waals surface area (Å²) in [5.74, 6) is -4.40. The Hall–Kier alpha value is -3.94. The van der Waals surface area contributed by atoms with E-state index in [1.165, 1.54) is 11.0 Å². The summed E-state index contributed by atoms with van der Waals surface area (Å²) < 4.78 is 31.5. The molecule has 2 N–H and O–H groups in total. The molecule has 0 bridgehead atoms. The van der Waals surface area contributed by atoms with Gasteiger partial charge < -0.3 is 19.9 Å². The van der Waals surface area contributed by atoms with Crippen molar-refractivity contribution < 1.29 is 23.5 Å². The zero-order valence-corrected chi connectivity index (χ0v) is 17.3. The zero-order chi connectivity index (χ0) is 22.9. The molecule has 1 amide bonds. The topological polar surface area (TPSA) is 74.6 Å². The van der Waals surface area contributed by atoms with E-state index in [1.807, 2.05) is 29.9 Å². The van der Waals surface area contributed by atoms with Gasteiger partial charge in [0.2, 0.25) is 0 Å². The van der Waals surface area contributed by atoms with Crippen molar-refractivity contribution >= 4 is 34.6 Å². The number of halogens is 2. The lowest BCUT2D eigenvalue weighted by Crippen LogP contribution is -2.33. The Balaban J connectivity index is 1.66. The molecule has 6 nitrogen and oxygen atoms in total. The van der Waals surface area contributed by atoms with Gasteiger partial charge in [-0.05, 0) is 42.5 Å². The number of hydrogen-bond acceptors (Lipinski definition) is 3. The third kappa shape index (κ3) is 4.12. The summed E-state index contributed by atoms with van der Waals surface area (Å²) in [5.41, 5.74) is 0.808. The van der Waals surface area contributed by atoms with E-state index in [0.717, 1.165) is 11.5 Å². The number of nitrogens with zero attached hydrogens (tertiary/aromatic N) is 2. The number of benzene rings is 2. The molecule has 0 saturated carbocycles. The molecule has 1 aliphatic rings. The molecular weight excluding hydrogens is 416 g/mol. The van der Waals surface area contributed by atoms with Crippen LogP contribution in [0, 0.1) is 0 Å². The fourth-order valence-electron chi connectivity index (χ4n) is 3.75. The molecule has 0 aliphatic carbocycles. The molecule has 0 saturated heterocycles. The molecule has 0 spiro atoms. The second-order valence-corrected chi connectivity index (χ2v) is 7.53. The zero-order valence-electron chi connectivity index (χ0n) is 17.3. The predicted molar refractivity (Wildman–Crippen MR) is 118 cm³/mol. The number of nitrogens with one attached hydrogen (secondary N) is 1. The van der Waals surface area contributed by atoms with Gasteiger partial charge in [0.1, 0.15) is 5.82 Å². The summed E-state index contributed by atoms with van der Waals surface area (Å²) in [4.78, 5) is 25.7. The molecule has 0 radical (unpaired) electrons. The smallest absolute Gasteiger partial charge is 0.328 e. The van der Waals surface area contributed by atoms with Gasteiger partial charge in [0.15, 0.2) is 0 Å². The van der Waals surface area contributed by atoms with Crippen molar-refractivity contribution in [2.75, 3.05) is 16.8 Å². The van der Waals surface area contributed by atoms with E-state index in [1.54, 1.807) is 42.5 Å². The first-order valence-corrected chi connectivity index (χ1v) is 9.99. The summed E-state index contributed by atoms with van der Waals surface area (Å²) in [5, 5.41) is 12.3. The summed E-state index contributed by atoms with van der Waals surface area (Å²) in [6.07, 6.45) is 1.75. The highest BCUT2D eigenvalue weighted by Gasteiger charge is 2.41. The Labute approximate surface area is 183 Å². The van der Waals surface area contributed by atoms with Crippen LogP contribution in [0.5, 0.6) is 0 Å². The summed E-state index contributed by atoms with van der Waals surface area (Å²) in [6.45, 7) is -0.247. The summed E-state index contributed by atoms with van der Waals surface area (Å²) >= 11 is 0. The Morgan fingerprint density at radius 1 is 1.06 bits per heavy atom. The van der Waals surface area contributed by atoms with E-state index < -0.39 is 29.8 Å². The SMILES string of the molecule is Cn1cccc1Nc1ccc(C(=O)N2CCC(F)(F)C(=CC(=O)O)c3ccccc32)cc1. The molecule has 8 heteroatoms. The number of aryl methyl sites for hydroxylation is 1. The van der Waals surface area contributed by atoms with Crippen molar-refractivity contribution in [1.29, 1.82) is 0 Å². The number of fused-ring (bicyclic) bond motifs is 1. The third-order valence-electron chi connectivity index (χ3n) is 5.39. The van der Waals surface area contributed by atoms with Gasteiger partial charge in [0, 0.05) is 54.7 Å². The van der Waals surface area contributed by atoms with Gasteiger partial charge >= 0.3 is 5.97 Å². The fraction of sp³-hybridized carbons (Fsp3) is 0.167. The summed E-state index contributed by atoms with van der Waals surface area (Å²) in [6, 6.07) is 16.7. The Bertz CT molecular complexity index is 1200. The number of carbonyl (C=O) groups is 2. The highest BCUT2D eigenvalue weighted by atomic mass is 19.3. The van der Waals surface area contributed by atoms with Gasteiger partial charge in [0.05, 0.1) is 5.69 Å². The van der Waals surface area contributed by atoms with Crippen LogP contribution in [0.4, 0.5) is 26.0 Å². The first-order chi connectivity index (χ1) is 15.3. The van der Waals surface area contributed by atoms with Gasteiger partial charge in [-0.3, -0.25) is 4.79 Å². The lowest BCUT2D eigenvalue weighted by molar-refractivity contribution is -0.131. The molecule has 2 aromatic carbocycles. The minimum Gasteiger partial charge on any atom is -0.478 e. The molecule has 1 aliphatic heterocycles. The molecule has 1 aromatic heterocycles. The van der Waals surface area contributed by atoms with E-state index in [-0.39, 0.29) is 17.8 Å². The van der Waals surface area contributed by atoms with Crippen LogP contribution in [0.1, 0.15) is 22.3 Å². The number of amides is 1. The Morgan fingerprint density at radius 2 is 1.78 bits per heavy atom. The molecule has 0 fully saturated rings. The van der Waals surface area contributed by atoms with E-state index in [0.29, 0.717) is 11.6 Å². The number of aromatic nitrogens is 1. The molecular formula is C24H21F2N3O3. The normalized spacial score (nSPS) is 16.3. The number of carboxylic acids is 1. The predicted octanol–water partition coefficient (Wildman–Crippen LogP) is 4.92. The van der Waals surface area contributed by atoms with Crippen LogP contribution in [-0.2, 0) is 11.8 Å². The van der Waals surface area contributed by atoms with E-state index >= 15 is 0 Å². The van der Waals surface area contributed by atoms with Gasteiger partial charge in [-0.1, -0.05) is 18.2 Å². The molecule has 0 atom stereocenters. The number of alkyl halides is 2. The lowest BCUT2D eigenvalue weighted by atomic mass is 9.97. The van der Waals surface area contributed by atoms with Crippen LogP contribution in [0.3, 0.4) is 0 Å². The molecule has 4 rings (SSSR count). The van der Waals surface area contributed by atoms with Crippen LogP contribution >= 0.6 is 0 Å². The summed E-state index contributed by atoms with van der Waals surface area (Å²) in [7, 11) is 1.90. The monoisotopic (exact) mass is 437 g/mol. The molecule has 32 heavy (non-hydrogen) atoms. The van der Waals surface area contributed by atoms with Crippen molar-refractivity contribution in [2.24, 2.45) is 7.05 Å². The van der Waals surface area contributed by atoms with Crippen molar-refractivity contribution in [1.82, 2.24) is 4.57 Å². The van der Waals surface area contributed by atoms with E-state index in [4.69, 9.17) is 5.11 Å². The maximum Gasteiger partial charge on any atom is 0.328 e. The number of carbonyl (C=O) groups excluding carboxylic acids is 1. The number of para-hydroxylation sites is 1. The Morgan fingerprint density at radius 3 is 2.44 bits per heavy atom. The van der Waals surface area contributed by atoms with Crippen LogP contribution < -0.4 is 10.2 Å². The number of hydrogen-bond donors (Lipinski definition) is 2. The number of anilines is 3. The van der Waals surface area contributed by atoms with E-state index in [9.17, 15) is 18.4 Å². The molecule has 3 aromatic rings. The molecule has 164 valence electrons. The first-order valence-electron chi connectivity index (χ1n) is 9.99. The van der Waals surface area contributed by atoms with Crippen molar-refractivity contribution in [3.8, 4) is 0 Å². The van der Waals surface area contributed by atoms with Crippen molar-refractivity contribution in [3.05, 3.63) is 84.1 Å². The minimum atomic E-state index is -3.38. The average molecular weight is 437 g/mol. The average Bonchev–Trinajstić information content (AvgIpc) is 3.12. The largest absolute Gasteiger partial charge is 0.478 e. The number of allylic oxidation sites excluding steroid dienone is 1. The third-order valence-corrected chi connectivity index (χ3v) is 5.39. The fourth-order valence-corrected chi connectivity index (χ4v) is 3.75. The van der Waals surface area contributed by atoms with Crippen molar-refractivity contribution in [3.63, 3.8) is 0 Å². The van der Waals surface area contributed by atoms with Crippen LogP contribution in [0.25, 0.3) is 5.57 Å². The van der Waals surface area contributed by atoms with Crippen LogP contribution in [-0.4, -0.2) is 34.0 Å². The highest BCUT2D eigenvalue weighted by molar-refractivity contribution is 6.08. The quantitative estimate of drug-likeness (QED) is 0.568. The Kier molecular flexibility index (Phi) is 5.52. The number of rotatable bonds is 4. The highest BCUT2D eigenvalue weighted by Crippen LogP contribution is 2.43.